The van der Waals surface area contributed by atoms with Crippen molar-refractivity contribution in [3.05, 3.63) is 64.2 Å². The van der Waals surface area contributed by atoms with Crippen molar-refractivity contribution in [3.63, 3.8) is 0 Å². The Kier molecular flexibility index (Phi) is 4.65. The van der Waals surface area contributed by atoms with Crippen LogP contribution in [0.4, 0.5) is 5.69 Å². The van der Waals surface area contributed by atoms with Gasteiger partial charge in [0.15, 0.2) is 0 Å². The predicted molar refractivity (Wildman–Crippen MR) is 115 cm³/mol. The molecule has 1 saturated carbocycles. The number of imide groups is 2. The molecule has 1 fully saturated rings. The highest BCUT2D eigenvalue weighted by atomic mass is 16.2. The molecule has 1 aliphatic carbocycles. The number of fused-ring (bicyclic) bond motifs is 2. The number of nitrogens with one attached hydrogen (secondary N) is 1. The molecule has 0 aromatic heterocycles. The van der Waals surface area contributed by atoms with Crippen LogP contribution in [0.25, 0.3) is 0 Å². The van der Waals surface area contributed by atoms with Crippen molar-refractivity contribution in [2.75, 3.05) is 12.4 Å². The summed E-state index contributed by atoms with van der Waals surface area (Å²) in [5.41, 5.74) is 1.67. The van der Waals surface area contributed by atoms with Crippen molar-refractivity contribution in [3.8, 4) is 0 Å². The molecule has 32 heavy (non-hydrogen) atoms. The fraction of sp³-hybridized carbons (Fsp3) is 0.292. The number of rotatable bonds is 3. The van der Waals surface area contributed by atoms with Gasteiger partial charge in [-0.05, 0) is 49.2 Å². The van der Waals surface area contributed by atoms with Crippen LogP contribution >= 0.6 is 0 Å². The number of hydrogen-bond donors (Lipinski definition) is 1. The van der Waals surface area contributed by atoms with Gasteiger partial charge in [-0.2, -0.15) is 0 Å². The number of carbonyl (C=O) groups excluding carboxylic acids is 5. The van der Waals surface area contributed by atoms with Crippen LogP contribution in [-0.4, -0.2) is 52.4 Å². The highest BCUT2D eigenvalue weighted by molar-refractivity contribution is 6.23. The summed E-state index contributed by atoms with van der Waals surface area (Å²) in [5, 5.41) is 2.70. The summed E-state index contributed by atoms with van der Waals surface area (Å²) in [7, 11) is 1.41. The molecule has 2 aliphatic heterocycles. The van der Waals surface area contributed by atoms with E-state index < -0.39 is 11.8 Å². The van der Waals surface area contributed by atoms with Gasteiger partial charge in [0.2, 0.25) is 0 Å². The van der Waals surface area contributed by atoms with Gasteiger partial charge in [-0.3, -0.25) is 33.8 Å². The predicted octanol–water partition coefficient (Wildman–Crippen LogP) is 3.09. The Morgan fingerprint density at radius 3 is 2.12 bits per heavy atom. The van der Waals surface area contributed by atoms with E-state index in [0.29, 0.717) is 16.8 Å². The Labute approximate surface area is 184 Å². The summed E-state index contributed by atoms with van der Waals surface area (Å²) in [6.45, 7) is 0. The zero-order valence-corrected chi connectivity index (χ0v) is 17.5. The number of carbonyl (C=O) groups is 5. The monoisotopic (exact) mass is 431 g/mol. The molecule has 3 aliphatic rings. The molecule has 0 atom stereocenters. The van der Waals surface area contributed by atoms with Gasteiger partial charge in [0.05, 0.1) is 22.3 Å². The lowest BCUT2D eigenvalue weighted by Crippen LogP contribution is -2.40. The van der Waals surface area contributed by atoms with Gasteiger partial charge in [0.25, 0.3) is 29.5 Å². The van der Waals surface area contributed by atoms with Gasteiger partial charge in [-0.25, -0.2) is 0 Å². The normalized spacial score (nSPS) is 18.3. The van der Waals surface area contributed by atoms with Crippen molar-refractivity contribution in [1.29, 1.82) is 0 Å². The standard InChI is InChI=1S/C24H21N3O5/c1-26-21(29)16-10-8-14(12-19(16)22(26)30)25-20(28)13-7-9-17-18(11-13)24(32)27(23(17)31)15-5-3-2-4-6-15/h7-12,15H,2-6H2,1H3,(H,25,28). The zero-order chi connectivity index (χ0) is 22.6. The highest BCUT2D eigenvalue weighted by Crippen LogP contribution is 2.32. The maximum atomic E-state index is 13.0. The van der Waals surface area contributed by atoms with E-state index in [1.807, 2.05) is 0 Å². The smallest absolute Gasteiger partial charge is 0.261 e. The van der Waals surface area contributed by atoms with Gasteiger partial charge in [0.1, 0.15) is 0 Å². The molecular formula is C24H21N3O5. The second-order valence-electron chi connectivity index (χ2n) is 8.42. The van der Waals surface area contributed by atoms with E-state index in [1.165, 1.54) is 42.3 Å². The third-order valence-electron chi connectivity index (χ3n) is 6.47. The van der Waals surface area contributed by atoms with Crippen LogP contribution in [0, 0.1) is 0 Å². The molecule has 2 aromatic rings. The average molecular weight is 431 g/mol. The van der Waals surface area contributed by atoms with Crippen LogP contribution in [0.3, 0.4) is 0 Å². The molecule has 0 saturated heterocycles. The molecule has 0 spiro atoms. The van der Waals surface area contributed by atoms with Gasteiger partial charge in [0, 0.05) is 24.3 Å². The van der Waals surface area contributed by atoms with E-state index in [4.69, 9.17) is 0 Å². The van der Waals surface area contributed by atoms with Crippen LogP contribution in [0.5, 0.6) is 0 Å². The van der Waals surface area contributed by atoms with E-state index >= 15 is 0 Å². The zero-order valence-electron chi connectivity index (χ0n) is 17.5. The van der Waals surface area contributed by atoms with Crippen LogP contribution in [0.2, 0.25) is 0 Å². The van der Waals surface area contributed by atoms with Crippen LogP contribution in [0.15, 0.2) is 36.4 Å². The van der Waals surface area contributed by atoms with Crippen molar-refractivity contribution in [2.24, 2.45) is 0 Å². The van der Waals surface area contributed by atoms with Crippen molar-refractivity contribution < 1.29 is 24.0 Å². The molecule has 5 rings (SSSR count). The number of hydrogen-bond acceptors (Lipinski definition) is 5. The SMILES string of the molecule is CN1C(=O)c2ccc(NC(=O)c3ccc4c(c3)C(=O)N(C3CCCCC3)C4=O)cc2C1=O. The minimum atomic E-state index is -0.478. The largest absolute Gasteiger partial charge is 0.322 e. The first kappa shape index (κ1) is 20.1. The summed E-state index contributed by atoms with van der Waals surface area (Å²) >= 11 is 0. The molecule has 0 radical (unpaired) electrons. The molecule has 0 bridgehead atoms. The Hall–Kier alpha value is -3.81. The number of anilines is 1. The third kappa shape index (κ3) is 3.02. The van der Waals surface area contributed by atoms with E-state index in [2.05, 4.69) is 5.32 Å². The number of benzene rings is 2. The van der Waals surface area contributed by atoms with Gasteiger partial charge in [-0.15, -0.1) is 0 Å². The van der Waals surface area contributed by atoms with E-state index in [-0.39, 0.29) is 40.5 Å². The Morgan fingerprint density at radius 2 is 1.38 bits per heavy atom. The molecule has 162 valence electrons. The first-order valence-electron chi connectivity index (χ1n) is 10.7. The Balaban J connectivity index is 1.38. The third-order valence-corrected chi connectivity index (χ3v) is 6.47. The highest BCUT2D eigenvalue weighted by Gasteiger charge is 2.40. The maximum absolute atomic E-state index is 13.0. The molecule has 0 unspecified atom stereocenters. The molecular weight excluding hydrogens is 410 g/mol. The lowest BCUT2D eigenvalue weighted by Gasteiger charge is -2.29. The first-order chi connectivity index (χ1) is 15.4. The topological polar surface area (TPSA) is 104 Å². The molecule has 1 N–H and O–H groups in total. The van der Waals surface area contributed by atoms with E-state index in [9.17, 15) is 24.0 Å². The molecule has 8 nitrogen and oxygen atoms in total. The van der Waals surface area contributed by atoms with Crippen molar-refractivity contribution in [1.82, 2.24) is 9.80 Å². The second-order valence-corrected chi connectivity index (χ2v) is 8.42. The van der Waals surface area contributed by atoms with Crippen LogP contribution in [0.1, 0.15) is 83.9 Å². The van der Waals surface area contributed by atoms with Gasteiger partial charge in [-0.1, -0.05) is 19.3 Å². The Morgan fingerprint density at radius 1 is 0.781 bits per heavy atom. The quantitative estimate of drug-likeness (QED) is 0.752. The van der Waals surface area contributed by atoms with E-state index in [0.717, 1.165) is 37.0 Å². The minimum absolute atomic E-state index is 0.0850. The maximum Gasteiger partial charge on any atom is 0.261 e. The minimum Gasteiger partial charge on any atom is -0.322 e. The molecule has 5 amide bonds. The fourth-order valence-corrected chi connectivity index (χ4v) is 4.71. The first-order valence-corrected chi connectivity index (χ1v) is 10.7. The summed E-state index contributed by atoms with van der Waals surface area (Å²) in [5.74, 6) is -1.93. The fourth-order valence-electron chi connectivity index (χ4n) is 4.71. The second kappa shape index (κ2) is 7.40. The molecule has 2 aromatic carbocycles. The van der Waals surface area contributed by atoms with Crippen LogP contribution in [-0.2, 0) is 0 Å². The summed E-state index contributed by atoms with van der Waals surface area (Å²) in [6, 6.07) is 8.91. The molecule has 2 heterocycles. The van der Waals surface area contributed by atoms with Crippen LogP contribution < -0.4 is 5.32 Å². The lowest BCUT2D eigenvalue weighted by atomic mass is 9.94. The Bertz CT molecular complexity index is 1210. The number of amides is 5. The molecule has 8 heteroatoms. The van der Waals surface area contributed by atoms with Crippen molar-refractivity contribution in [2.45, 2.75) is 38.1 Å². The van der Waals surface area contributed by atoms with Crippen molar-refractivity contribution >= 4 is 35.2 Å². The van der Waals surface area contributed by atoms with Gasteiger partial charge < -0.3 is 5.32 Å². The number of nitrogens with zero attached hydrogens (tertiary/aromatic N) is 2. The lowest BCUT2D eigenvalue weighted by molar-refractivity contribution is 0.0547. The van der Waals surface area contributed by atoms with Gasteiger partial charge >= 0.3 is 0 Å². The summed E-state index contributed by atoms with van der Waals surface area (Å²) in [4.78, 5) is 65.2. The van der Waals surface area contributed by atoms with E-state index in [1.54, 1.807) is 6.07 Å². The summed E-state index contributed by atoms with van der Waals surface area (Å²) in [6.07, 6.45) is 4.73. The summed E-state index contributed by atoms with van der Waals surface area (Å²) < 4.78 is 0. The average Bonchev–Trinajstić information content (AvgIpc) is 3.18.